The molecule has 3 nitrogen and oxygen atoms in total. The fraction of sp³-hybridized carbons (Fsp3) is 0.188. The van der Waals surface area contributed by atoms with Crippen LogP contribution in [0.2, 0.25) is 0 Å². The molecule has 2 aromatic carbocycles. The Morgan fingerprint density at radius 3 is 2.32 bits per heavy atom. The number of hydrogen-bond acceptors (Lipinski definition) is 3. The van der Waals surface area contributed by atoms with Crippen LogP contribution in [0.3, 0.4) is 0 Å². The van der Waals surface area contributed by atoms with E-state index < -0.39 is 0 Å². The topological polar surface area (TPSA) is 30.8 Å². The highest BCUT2D eigenvalue weighted by molar-refractivity contribution is 5.79. The Morgan fingerprint density at radius 2 is 1.68 bits per heavy atom. The molecule has 0 aliphatic rings. The minimum atomic E-state index is 0.419. The lowest BCUT2D eigenvalue weighted by atomic mass is 10.2. The molecule has 2 rings (SSSR count). The molecule has 0 heterocycles. The van der Waals surface area contributed by atoms with E-state index in [0.29, 0.717) is 6.61 Å². The summed E-state index contributed by atoms with van der Waals surface area (Å²) in [5, 5.41) is 3.83. The Bertz CT molecular complexity index is 530. The van der Waals surface area contributed by atoms with Gasteiger partial charge in [0.25, 0.3) is 0 Å². The summed E-state index contributed by atoms with van der Waals surface area (Å²) in [5.74, 6) is 0.832. The Balaban J connectivity index is 1.83. The van der Waals surface area contributed by atoms with Crippen molar-refractivity contribution in [2.75, 3.05) is 7.11 Å². The molecule has 0 atom stereocenters. The lowest BCUT2D eigenvalue weighted by molar-refractivity contribution is 0.132. The molecule has 0 aliphatic carbocycles. The lowest BCUT2D eigenvalue weighted by Crippen LogP contribution is -1.89. The van der Waals surface area contributed by atoms with Crippen molar-refractivity contribution in [3.05, 3.63) is 65.2 Å². The molecule has 0 saturated carbocycles. The summed E-state index contributed by atoms with van der Waals surface area (Å²) >= 11 is 0. The summed E-state index contributed by atoms with van der Waals surface area (Å²) in [6, 6.07) is 15.6. The Hall–Kier alpha value is -2.29. The fourth-order valence-corrected chi connectivity index (χ4v) is 1.54. The molecule has 0 spiro atoms. The fourth-order valence-electron chi connectivity index (χ4n) is 1.54. The molecule has 97 valence electrons. The summed E-state index contributed by atoms with van der Waals surface area (Å²) in [6.45, 7) is 2.46. The number of methoxy groups -OCH3 is 1. The number of rotatable bonds is 5. The smallest absolute Gasteiger partial charge is 0.142 e. The number of hydrogen-bond donors (Lipinski definition) is 0. The van der Waals surface area contributed by atoms with Gasteiger partial charge in [-0.25, -0.2) is 0 Å². The van der Waals surface area contributed by atoms with Gasteiger partial charge in [0.05, 0.1) is 7.11 Å². The standard InChI is InChI=1S/C16H16NO2/c1-13-3-5-14(6-4-13)11-17-19-12-15-7-9-16(18-2)10-8-15/h3-10H,12H2,1-2H3. The van der Waals surface area contributed by atoms with Crippen LogP contribution >= 0.6 is 0 Å². The van der Waals surface area contributed by atoms with E-state index in [1.165, 1.54) is 5.56 Å². The van der Waals surface area contributed by atoms with E-state index in [1.807, 2.05) is 55.5 Å². The predicted octanol–water partition coefficient (Wildman–Crippen LogP) is 3.43. The Labute approximate surface area is 113 Å². The van der Waals surface area contributed by atoms with Gasteiger partial charge < -0.3 is 9.57 Å². The molecule has 1 radical (unpaired) electrons. The van der Waals surface area contributed by atoms with Gasteiger partial charge in [-0.2, -0.15) is 0 Å². The first-order valence-corrected chi connectivity index (χ1v) is 6.05. The number of ether oxygens (including phenoxy) is 1. The molecular formula is C16H16NO2. The van der Waals surface area contributed by atoms with Crippen molar-refractivity contribution in [3.8, 4) is 5.75 Å². The maximum atomic E-state index is 5.20. The molecule has 0 fully saturated rings. The van der Waals surface area contributed by atoms with E-state index in [4.69, 9.17) is 9.57 Å². The summed E-state index contributed by atoms with van der Waals surface area (Å²) in [4.78, 5) is 5.20. The first-order valence-electron chi connectivity index (χ1n) is 6.05. The minimum absolute atomic E-state index is 0.419. The third-order valence-electron chi connectivity index (χ3n) is 2.68. The maximum absolute atomic E-state index is 5.20. The monoisotopic (exact) mass is 254 g/mol. The van der Waals surface area contributed by atoms with Crippen LogP contribution in [0.15, 0.2) is 53.7 Å². The van der Waals surface area contributed by atoms with Gasteiger partial charge in [-0.1, -0.05) is 47.1 Å². The Morgan fingerprint density at radius 1 is 1.00 bits per heavy atom. The van der Waals surface area contributed by atoms with Crippen LogP contribution in [0.25, 0.3) is 0 Å². The summed E-state index contributed by atoms with van der Waals surface area (Å²) in [7, 11) is 1.65. The minimum Gasteiger partial charge on any atom is -0.497 e. The molecule has 0 unspecified atom stereocenters. The van der Waals surface area contributed by atoms with Gasteiger partial charge in [-0.15, -0.1) is 0 Å². The zero-order valence-electron chi connectivity index (χ0n) is 11.1. The number of aryl methyl sites for hydroxylation is 1. The van der Waals surface area contributed by atoms with Crippen LogP contribution in [0.1, 0.15) is 16.7 Å². The zero-order chi connectivity index (χ0) is 13.5. The average Bonchev–Trinajstić information content (AvgIpc) is 2.46. The molecule has 19 heavy (non-hydrogen) atoms. The van der Waals surface area contributed by atoms with E-state index in [-0.39, 0.29) is 0 Å². The molecule has 0 N–H and O–H groups in total. The molecule has 0 amide bonds. The largest absolute Gasteiger partial charge is 0.497 e. The number of benzene rings is 2. The van der Waals surface area contributed by atoms with Crippen molar-refractivity contribution in [2.24, 2.45) is 5.16 Å². The summed E-state index contributed by atoms with van der Waals surface area (Å²) in [5.41, 5.74) is 3.15. The second-order valence-corrected chi connectivity index (χ2v) is 4.19. The van der Waals surface area contributed by atoms with E-state index in [0.717, 1.165) is 16.9 Å². The molecular weight excluding hydrogens is 238 g/mol. The van der Waals surface area contributed by atoms with E-state index in [1.54, 1.807) is 7.11 Å². The van der Waals surface area contributed by atoms with Gasteiger partial charge in [-0.05, 0) is 24.6 Å². The summed E-state index contributed by atoms with van der Waals surface area (Å²) in [6.07, 6.45) is 2.84. The summed E-state index contributed by atoms with van der Waals surface area (Å²) < 4.78 is 5.09. The first kappa shape index (κ1) is 13.1. The highest BCUT2D eigenvalue weighted by atomic mass is 16.6. The van der Waals surface area contributed by atoms with Gasteiger partial charge in [0, 0.05) is 5.56 Å². The van der Waals surface area contributed by atoms with Crippen molar-refractivity contribution < 1.29 is 9.57 Å². The van der Waals surface area contributed by atoms with Crippen molar-refractivity contribution in [1.82, 2.24) is 0 Å². The van der Waals surface area contributed by atoms with Gasteiger partial charge in [0.1, 0.15) is 18.6 Å². The van der Waals surface area contributed by atoms with Gasteiger partial charge in [-0.3, -0.25) is 0 Å². The van der Waals surface area contributed by atoms with Crippen LogP contribution in [-0.2, 0) is 11.4 Å². The van der Waals surface area contributed by atoms with Gasteiger partial charge >= 0.3 is 0 Å². The normalized spacial score (nSPS) is 10.6. The molecule has 0 aliphatic heterocycles. The predicted molar refractivity (Wildman–Crippen MR) is 75.5 cm³/mol. The van der Waals surface area contributed by atoms with Crippen molar-refractivity contribution >= 4 is 6.21 Å². The Kier molecular flexibility index (Phi) is 4.56. The zero-order valence-corrected chi connectivity index (χ0v) is 11.1. The second-order valence-electron chi connectivity index (χ2n) is 4.19. The molecule has 0 saturated heterocycles. The highest BCUT2D eigenvalue weighted by Gasteiger charge is 1.94. The van der Waals surface area contributed by atoms with E-state index >= 15 is 0 Å². The van der Waals surface area contributed by atoms with Crippen LogP contribution in [0.4, 0.5) is 0 Å². The molecule has 3 heteroatoms. The second kappa shape index (κ2) is 6.59. The van der Waals surface area contributed by atoms with Crippen LogP contribution in [0.5, 0.6) is 5.75 Å². The van der Waals surface area contributed by atoms with Crippen LogP contribution < -0.4 is 4.74 Å². The van der Waals surface area contributed by atoms with Gasteiger partial charge in [0.15, 0.2) is 0 Å². The first-order chi connectivity index (χ1) is 9.28. The molecule has 0 aromatic heterocycles. The number of nitrogens with zero attached hydrogens (tertiary/aromatic N) is 1. The van der Waals surface area contributed by atoms with Crippen molar-refractivity contribution in [2.45, 2.75) is 13.5 Å². The van der Waals surface area contributed by atoms with E-state index in [9.17, 15) is 0 Å². The molecule has 2 aromatic rings. The van der Waals surface area contributed by atoms with Crippen molar-refractivity contribution in [1.29, 1.82) is 0 Å². The van der Waals surface area contributed by atoms with Gasteiger partial charge in [0.2, 0.25) is 0 Å². The highest BCUT2D eigenvalue weighted by Crippen LogP contribution is 2.11. The maximum Gasteiger partial charge on any atom is 0.142 e. The SMILES string of the molecule is COc1ccc(CO/N=[C]\c2ccc(C)cc2)cc1. The van der Waals surface area contributed by atoms with Crippen LogP contribution in [0, 0.1) is 6.92 Å². The third kappa shape index (κ3) is 4.14. The van der Waals surface area contributed by atoms with E-state index in [2.05, 4.69) is 11.4 Å². The van der Waals surface area contributed by atoms with Crippen molar-refractivity contribution in [3.63, 3.8) is 0 Å². The quantitative estimate of drug-likeness (QED) is 0.604. The average molecular weight is 254 g/mol. The third-order valence-corrected chi connectivity index (χ3v) is 2.68. The lowest BCUT2D eigenvalue weighted by Gasteiger charge is -2.02. The van der Waals surface area contributed by atoms with Crippen LogP contribution in [-0.4, -0.2) is 13.3 Å². The molecule has 0 bridgehead atoms.